The molecule has 0 heterocycles. The predicted octanol–water partition coefficient (Wildman–Crippen LogP) is 2.34. The van der Waals surface area contributed by atoms with Gasteiger partial charge in [0.25, 0.3) is 5.91 Å². The van der Waals surface area contributed by atoms with Gasteiger partial charge in [-0.2, -0.15) is 0 Å². The third kappa shape index (κ3) is 2.72. The van der Waals surface area contributed by atoms with Gasteiger partial charge in [-0.05, 0) is 31.9 Å². The van der Waals surface area contributed by atoms with E-state index in [1.54, 1.807) is 0 Å². The van der Waals surface area contributed by atoms with E-state index in [2.05, 4.69) is 0 Å². The summed E-state index contributed by atoms with van der Waals surface area (Å²) in [6, 6.07) is 8.04. The van der Waals surface area contributed by atoms with Crippen molar-refractivity contribution in [3.8, 4) is 0 Å². The van der Waals surface area contributed by atoms with E-state index in [-0.39, 0.29) is 18.0 Å². The summed E-state index contributed by atoms with van der Waals surface area (Å²) in [4.78, 5) is 14.2. The Morgan fingerprint density at radius 2 is 1.83 bits per heavy atom. The average Bonchev–Trinajstić information content (AvgIpc) is 2.38. The molecule has 0 radical (unpaired) electrons. The van der Waals surface area contributed by atoms with Crippen LogP contribution in [0.5, 0.6) is 0 Å². The van der Waals surface area contributed by atoms with Crippen molar-refractivity contribution in [2.24, 2.45) is 5.73 Å². The second-order valence-electron chi connectivity index (χ2n) is 5.30. The maximum Gasteiger partial charge on any atom is 0.253 e. The molecule has 2 unspecified atom stereocenters. The molecule has 1 amide bonds. The summed E-state index contributed by atoms with van der Waals surface area (Å²) in [5.41, 5.74) is 8.05. The topological polar surface area (TPSA) is 46.3 Å². The molecule has 0 aliphatic heterocycles. The highest BCUT2D eigenvalue weighted by Gasteiger charge is 2.28. The zero-order valence-corrected chi connectivity index (χ0v) is 11.2. The third-order valence-corrected chi connectivity index (χ3v) is 3.90. The van der Waals surface area contributed by atoms with Crippen LogP contribution in [0.15, 0.2) is 24.3 Å². The van der Waals surface area contributed by atoms with Crippen molar-refractivity contribution in [2.75, 3.05) is 7.05 Å². The fourth-order valence-electron chi connectivity index (χ4n) is 2.67. The summed E-state index contributed by atoms with van der Waals surface area (Å²) in [7, 11) is 1.87. The summed E-state index contributed by atoms with van der Waals surface area (Å²) < 4.78 is 0. The number of hydrogen-bond acceptors (Lipinski definition) is 2. The maximum absolute atomic E-state index is 12.4. The first-order valence-corrected chi connectivity index (χ1v) is 6.69. The van der Waals surface area contributed by atoms with Gasteiger partial charge in [0, 0.05) is 24.7 Å². The number of likely N-dealkylation sites (N-methyl/N-ethyl adjacent to an activating group) is 1. The highest BCUT2D eigenvalue weighted by Crippen LogP contribution is 2.22. The Labute approximate surface area is 109 Å². The van der Waals surface area contributed by atoms with Crippen LogP contribution in [0, 0.1) is 6.92 Å². The monoisotopic (exact) mass is 246 g/mol. The standard InChI is InChI=1S/C15H22N2O/c1-11-7-9-12(10-8-11)15(18)17(2)14-6-4-3-5-13(14)16/h7-10,13-14H,3-6,16H2,1-2H3. The molecule has 2 atom stereocenters. The molecule has 0 bridgehead atoms. The van der Waals surface area contributed by atoms with Gasteiger partial charge in [0.1, 0.15) is 0 Å². The van der Waals surface area contributed by atoms with Crippen molar-refractivity contribution in [3.05, 3.63) is 35.4 Å². The first-order chi connectivity index (χ1) is 8.59. The van der Waals surface area contributed by atoms with E-state index >= 15 is 0 Å². The number of benzene rings is 1. The summed E-state index contributed by atoms with van der Waals surface area (Å²) >= 11 is 0. The van der Waals surface area contributed by atoms with Crippen LogP contribution in [0.25, 0.3) is 0 Å². The zero-order chi connectivity index (χ0) is 13.1. The van der Waals surface area contributed by atoms with Crippen molar-refractivity contribution in [3.63, 3.8) is 0 Å². The van der Waals surface area contributed by atoms with Gasteiger partial charge < -0.3 is 10.6 Å². The largest absolute Gasteiger partial charge is 0.337 e. The Morgan fingerprint density at radius 3 is 2.44 bits per heavy atom. The molecule has 2 N–H and O–H groups in total. The van der Waals surface area contributed by atoms with Crippen molar-refractivity contribution < 1.29 is 4.79 Å². The lowest BCUT2D eigenvalue weighted by atomic mass is 9.90. The van der Waals surface area contributed by atoms with Crippen molar-refractivity contribution in [1.82, 2.24) is 4.90 Å². The van der Waals surface area contributed by atoms with Gasteiger partial charge in [-0.1, -0.05) is 30.5 Å². The number of carbonyl (C=O) groups is 1. The second-order valence-corrected chi connectivity index (χ2v) is 5.30. The summed E-state index contributed by atoms with van der Waals surface area (Å²) in [6.45, 7) is 2.02. The van der Waals surface area contributed by atoms with Gasteiger partial charge in [0.2, 0.25) is 0 Å². The number of nitrogens with zero attached hydrogens (tertiary/aromatic N) is 1. The molecule has 1 fully saturated rings. The van der Waals surface area contributed by atoms with Crippen LogP contribution in [-0.2, 0) is 0 Å². The number of amides is 1. The van der Waals surface area contributed by atoms with Crippen LogP contribution in [0.2, 0.25) is 0 Å². The van der Waals surface area contributed by atoms with Gasteiger partial charge in [-0.15, -0.1) is 0 Å². The molecule has 1 aliphatic carbocycles. The molecule has 1 aliphatic rings. The molecular weight excluding hydrogens is 224 g/mol. The second kappa shape index (κ2) is 5.53. The van der Waals surface area contributed by atoms with Crippen molar-refractivity contribution >= 4 is 5.91 Å². The van der Waals surface area contributed by atoms with E-state index in [4.69, 9.17) is 5.73 Å². The van der Waals surface area contributed by atoms with Crippen molar-refractivity contribution in [1.29, 1.82) is 0 Å². The Hall–Kier alpha value is -1.35. The Morgan fingerprint density at radius 1 is 1.22 bits per heavy atom. The quantitative estimate of drug-likeness (QED) is 0.870. The molecule has 0 spiro atoms. The SMILES string of the molecule is Cc1ccc(C(=O)N(C)C2CCCCC2N)cc1. The third-order valence-electron chi connectivity index (χ3n) is 3.90. The van der Waals surface area contributed by atoms with Crippen LogP contribution in [0.3, 0.4) is 0 Å². The minimum atomic E-state index is 0.0809. The summed E-state index contributed by atoms with van der Waals surface area (Å²) in [5, 5.41) is 0. The van der Waals surface area contributed by atoms with E-state index in [1.807, 2.05) is 43.1 Å². The van der Waals surface area contributed by atoms with E-state index in [0.717, 1.165) is 18.4 Å². The van der Waals surface area contributed by atoms with Gasteiger partial charge in [0.15, 0.2) is 0 Å². The smallest absolute Gasteiger partial charge is 0.253 e. The van der Waals surface area contributed by atoms with E-state index in [9.17, 15) is 4.79 Å². The zero-order valence-electron chi connectivity index (χ0n) is 11.2. The summed E-state index contributed by atoms with van der Waals surface area (Å²) in [6.07, 6.45) is 4.40. The molecule has 18 heavy (non-hydrogen) atoms. The van der Waals surface area contributed by atoms with Crippen LogP contribution >= 0.6 is 0 Å². The molecule has 3 heteroatoms. The molecule has 1 aromatic carbocycles. The lowest BCUT2D eigenvalue weighted by Crippen LogP contribution is -2.50. The first kappa shape index (κ1) is 13.1. The number of rotatable bonds is 2. The molecule has 98 valence electrons. The molecule has 2 rings (SSSR count). The molecule has 1 aromatic rings. The Balaban J connectivity index is 2.10. The lowest BCUT2D eigenvalue weighted by Gasteiger charge is -2.36. The molecular formula is C15H22N2O. The highest BCUT2D eigenvalue weighted by atomic mass is 16.2. The highest BCUT2D eigenvalue weighted by molar-refractivity contribution is 5.94. The number of hydrogen-bond donors (Lipinski definition) is 1. The normalized spacial score (nSPS) is 23.7. The van der Waals surface area contributed by atoms with Crippen LogP contribution in [-0.4, -0.2) is 29.9 Å². The maximum atomic E-state index is 12.4. The fourth-order valence-corrected chi connectivity index (χ4v) is 2.67. The molecule has 3 nitrogen and oxygen atoms in total. The first-order valence-electron chi connectivity index (χ1n) is 6.69. The van der Waals surface area contributed by atoms with Crippen LogP contribution in [0.4, 0.5) is 0 Å². The van der Waals surface area contributed by atoms with E-state index in [1.165, 1.54) is 18.4 Å². The Bertz CT molecular complexity index is 413. The van der Waals surface area contributed by atoms with Crippen LogP contribution in [0.1, 0.15) is 41.6 Å². The van der Waals surface area contributed by atoms with E-state index in [0.29, 0.717) is 0 Å². The molecule has 0 aromatic heterocycles. The van der Waals surface area contributed by atoms with Gasteiger partial charge >= 0.3 is 0 Å². The number of carbonyl (C=O) groups excluding carboxylic acids is 1. The van der Waals surface area contributed by atoms with Crippen LogP contribution < -0.4 is 5.73 Å². The molecule has 0 saturated heterocycles. The average molecular weight is 246 g/mol. The minimum Gasteiger partial charge on any atom is -0.337 e. The predicted molar refractivity (Wildman–Crippen MR) is 73.5 cm³/mol. The fraction of sp³-hybridized carbons (Fsp3) is 0.533. The summed E-state index contributed by atoms with van der Waals surface area (Å²) in [5.74, 6) is 0.0809. The van der Waals surface area contributed by atoms with Gasteiger partial charge in [-0.3, -0.25) is 4.79 Å². The number of nitrogens with two attached hydrogens (primary N) is 1. The minimum absolute atomic E-state index is 0.0809. The van der Waals surface area contributed by atoms with E-state index < -0.39 is 0 Å². The van der Waals surface area contributed by atoms with Gasteiger partial charge in [0.05, 0.1) is 0 Å². The van der Waals surface area contributed by atoms with Crippen molar-refractivity contribution in [2.45, 2.75) is 44.7 Å². The van der Waals surface area contributed by atoms with Gasteiger partial charge in [-0.25, -0.2) is 0 Å². The Kier molecular flexibility index (Phi) is 4.02. The molecule has 1 saturated carbocycles. The number of aryl methyl sites for hydroxylation is 1. The lowest BCUT2D eigenvalue weighted by molar-refractivity contribution is 0.0672.